The molecular weight excluding hydrogens is 242 g/mol. The highest BCUT2D eigenvalue weighted by Gasteiger charge is 2.43. The molecule has 0 saturated carbocycles. The van der Waals surface area contributed by atoms with E-state index < -0.39 is 0 Å². The van der Waals surface area contributed by atoms with Crippen LogP contribution in [0, 0.1) is 0 Å². The van der Waals surface area contributed by atoms with Gasteiger partial charge in [-0.15, -0.1) is 0 Å². The second kappa shape index (κ2) is 4.63. The highest BCUT2D eigenvalue weighted by atomic mass is 16.3. The maximum absolute atomic E-state index is 12.7. The van der Waals surface area contributed by atoms with E-state index in [1.807, 2.05) is 24.9 Å². The molecule has 2 atom stereocenters. The van der Waals surface area contributed by atoms with Gasteiger partial charge in [-0.1, -0.05) is 6.92 Å². The van der Waals surface area contributed by atoms with Crippen molar-refractivity contribution in [3.63, 3.8) is 0 Å². The Morgan fingerprint density at radius 1 is 1.42 bits per heavy atom. The minimum atomic E-state index is -0.237. The van der Waals surface area contributed by atoms with Crippen LogP contribution < -0.4 is 0 Å². The maximum atomic E-state index is 12.7. The van der Waals surface area contributed by atoms with Crippen LogP contribution in [0.15, 0.2) is 6.07 Å². The minimum Gasteiger partial charge on any atom is -0.393 e. The molecule has 2 aliphatic heterocycles. The Balaban J connectivity index is 1.86. The van der Waals surface area contributed by atoms with E-state index in [1.165, 1.54) is 0 Å². The summed E-state index contributed by atoms with van der Waals surface area (Å²) in [7, 11) is 1.83. The number of carbonyl (C=O) groups excluding carboxylic acids is 1. The molecule has 1 amide bonds. The number of aliphatic hydroxyl groups is 1. The minimum absolute atomic E-state index is 0.0779. The average molecular weight is 263 g/mol. The number of aryl methyl sites for hydroxylation is 2. The molecule has 2 bridgehead atoms. The van der Waals surface area contributed by atoms with Gasteiger partial charge in [-0.3, -0.25) is 9.48 Å². The van der Waals surface area contributed by atoms with Gasteiger partial charge in [-0.2, -0.15) is 5.10 Å². The molecule has 3 rings (SSSR count). The molecule has 0 spiro atoms. The highest BCUT2D eigenvalue weighted by molar-refractivity contribution is 5.93. The van der Waals surface area contributed by atoms with Crippen molar-refractivity contribution < 1.29 is 9.90 Å². The summed E-state index contributed by atoms with van der Waals surface area (Å²) in [6.07, 6.45) is 4.09. The lowest BCUT2D eigenvalue weighted by molar-refractivity contribution is 0.0279. The number of aromatic nitrogens is 2. The van der Waals surface area contributed by atoms with Gasteiger partial charge in [0.2, 0.25) is 0 Å². The Kier molecular flexibility index (Phi) is 3.09. The smallest absolute Gasteiger partial charge is 0.272 e. The zero-order valence-electron chi connectivity index (χ0n) is 11.5. The van der Waals surface area contributed by atoms with E-state index >= 15 is 0 Å². The first-order chi connectivity index (χ1) is 9.10. The van der Waals surface area contributed by atoms with Crippen LogP contribution in [0.1, 0.15) is 48.8 Å². The summed E-state index contributed by atoms with van der Waals surface area (Å²) < 4.78 is 1.69. The quantitative estimate of drug-likeness (QED) is 0.869. The monoisotopic (exact) mass is 263 g/mol. The van der Waals surface area contributed by atoms with E-state index in [0.717, 1.165) is 37.8 Å². The molecule has 1 N–H and O–H groups in total. The van der Waals surface area contributed by atoms with Crippen molar-refractivity contribution in [1.29, 1.82) is 0 Å². The first-order valence-electron chi connectivity index (χ1n) is 7.13. The third-order valence-corrected chi connectivity index (χ3v) is 4.45. The van der Waals surface area contributed by atoms with Gasteiger partial charge in [-0.25, -0.2) is 0 Å². The molecule has 2 fully saturated rings. The number of amides is 1. The summed E-state index contributed by atoms with van der Waals surface area (Å²) in [6, 6.07) is 2.31. The van der Waals surface area contributed by atoms with E-state index in [2.05, 4.69) is 5.10 Å². The van der Waals surface area contributed by atoms with E-state index in [9.17, 15) is 9.90 Å². The van der Waals surface area contributed by atoms with Crippen LogP contribution in [0.4, 0.5) is 0 Å². The van der Waals surface area contributed by atoms with Gasteiger partial charge in [0.25, 0.3) is 5.91 Å². The number of carbonyl (C=O) groups is 1. The first kappa shape index (κ1) is 12.7. The number of hydrogen-bond donors (Lipinski definition) is 1. The van der Waals surface area contributed by atoms with Crippen LogP contribution in [-0.2, 0) is 13.5 Å². The Morgan fingerprint density at radius 3 is 2.58 bits per heavy atom. The standard InChI is InChI=1S/C14H21N3O2/c1-3-9-6-13(16(2)15-9)14(19)17-10-4-5-11(17)8-12(18)7-10/h6,10-12,18H,3-5,7-8H2,1-2H3. The van der Waals surface area contributed by atoms with Gasteiger partial charge >= 0.3 is 0 Å². The molecule has 3 heterocycles. The van der Waals surface area contributed by atoms with E-state index in [4.69, 9.17) is 0 Å². The van der Waals surface area contributed by atoms with Crippen LogP contribution in [0.2, 0.25) is 0 Å². The number of aliphatic hydroxyl groups excluding tert-OH is 1. The van der Waals surface area contributed by atoms with Gasteiger partial charge in [0.05, 0.1) is 11.8 Å². The lowest BCUT2D eigenvalue weighted by atomic mass is 9.99. The lowest BCUT2D eigenvalue weighted by Crippen LogP contribution is -2.48. The Morgan fingerprint density at radius 2 is 2.05 bits per heavy atom. The summed E-state index contributed by atoms with van der Waals surface area (Å²) in [4.78, 5) is 14.7. The van der Waals surface area contributed by atoms with E-state index in [1.54, 1.807) is 4.68 Å². The topological polar surface area (TPSA) is 58.4 Å². The SMILES string of the molecule is CCc1cc(C(=O)N2C3CCC2CC(O)C3)n(C)n1. The molecule has 5 nitrogen and oxygen atoms in total. The molecular formula is C14H21N3O2. The highest BCUT2D eigenvalue weighted by Crippen LogP contribution is 2.36. The summed E-state index contributed by atoms with van der Waals surface area (Å²) in [5.74, 6) is 0.0779. The van der Waals surface area contributed by atoms with Crippen LogP contribution in [-0.4, -0.2) is 43.9 Å². The molecule has 2 saturated heterocycles. The van der Waals surface area contributed by atoms with Crippen LogP contribution in [0.3, 0.4) is 0 Å². The third-order valence-electron chi connectivity index (χ3n) is 4.45. The van der Waals surface area contributed by atoms with Gasteiger partial charge in [-0.05, 0) is 38.2 Å². The molecule has 19 heavy (non-hydrogen) atoms. The van der Waals surface area contributed by atoms with Gasteiger partial charge in [0, 0.05) is 19.1 Å². The fraction of sp³-hybridized carbons (Fsp3) is 0.714. The predicted molar refractivity (Wildman–Crippen MR) is 70.8 cm³/mol. The van der Waals surface area contributed by atoms with Crippen molar-refractivity contribution in [2.24, 2.45) is 7.05 Å². The summed E-state index contributed by atoms with van der Waals surface area (Å²) in [6.45, 7) is 2.04. The number of rotatable bonds is 2. The van der Waals surface area contributed by atoms with Gasteiger partial charge in [0.15, 0.2) is 0 Å². The largest absolute Gasteiger partial charge is 0.393 e. The van der Waals surface area contributed by atoms with Crippen LogP contribution in [0.5, 0.6) is 0 Å². The molecule has 0 aromatic carbocycles. The second-order valence-electron chi connectivity index (χ2n) is 5.72. The van der Waals surface area contributed by atoms with Crippen molar-refractivity contribution >= 4 is 5.91 Å². The van der Waals surface area contributed by atoms with Crippen LogP contribution >= 0.6 is 0 Å². The van der Waals surface area contributed by atoms with Crippen molar-refractivity contribution in [3.8, 4) is 0 Å². The molecule has 0 aliphatic carbocycles. The van der Waals surface area contributed by atoms with Crippen molar-refractivity contribution in [3.05, 3.63) is 17.5 Å². The second-order valence-corrected chi connectivity index (χ2v) is 5.72. The van der Waals surface area contributed by atoms with E-state index in [0.29, 0.717) is 5.69 Å². The molecule has 2 unspecified atom stereocenters. The van der Waals surface area contributed by atoms with Gasteiger partial charge in [0.1, 0.15) is 5.69 Å². The molecule has 0 radical (unpaired) electrons. The third kappa shape index (κ3) is 2.06. The number of nitrogens with zero attached hydrogens (tertiary/aromatic N) is 3. The molecule has 2 aliphatic rings. The molecule has 1 aromatic rings. The van der Waals surface area contributed by atoms with Crippen molar-refractivity contribution in [1.82, 2.24) is 14.7 Å². The Hall–Kier alpha value is -1.36. The summed E-state index contributed by atoms with van der Waals surface area (Å²) >= 11 is 0. The van der Waals surface area contributed by atoms with Crippen molar-refractivity contribution in [2.75, 3.05) is 0 Å². The number of piperidine rings is 1. The number of fused-ring (bicyclic) bond motifs is 2. The van der Waals surface area contributed by atoms with E-state index in [-0.39, 0.29) is 24.1 Å². The van der Waals surface area contributed by atoms with Gasteiger partial charge < -0.3 is 10.0 Å². The van der Waals surface area contributed by atoms with Crippen LogP contribution in [0.25, 0.3) is 0 Å². The zero-order chi connectivity index (χ0) is 13.6. The Bertz CT molecular complexity index is 483. The first-order valence-corrected chi connectivity index (χ1v) is 7.13. The lowest BCUT2D eigenvalue weighted by Gasteiger charge is -2.37. The summed E-state index contributed by atoms with van der Waals surface area (Å²) in [5, 5.41) is 14.2. The fourth-order valence-corrected chi connectivity index (χ4v) is 3.51. The zero-order valence-corrected chi connectivity index (χ0v) is 11.5. The molecule has 104 valence electrons. The molecule has 5 heteroatoms. The average Bonchev–Trinajstić information content (AvgIpc) is 2.88. The normalized spacial score (nSPS) is 29.8. The Labute approximate surface area is 113 Å². The maximum Gasteiger partial charge on any atom is 0.272 e. The predicted octanol–water partition coefficient (Wildman–Crippen LogP) is 1.11. The van der Waals surface area contributed by atoms with Crippen molar-refractivity contribution in [2.45, 2.75) is 57.2 Å². The molecule has 1 aromatic heterocycles. The number of hydrogen-bond acceptors (Lipinski definition) is 3. The summed E-state index contributed by atoms with van der Waals surface area (Å²) in [5.41, 5.74) is 1.63. The fourth-order valence-electron chi connectivity index (χ4n) is 3.51.